The Hall–Kier alpha value is -1.02. The van der Waals surface area contributed by atoms with Crippen LogP contribution in [-0.4, -0.2) is 11.3 Å². The monoisotopic (exact) mass is 289 g/mol. The molecule has 4 aliphatic rings. The van der Waals surface area contributed by atoms with Crippen molar-refractivity contribution >= 4 is 17.3 Å². The second-order valence-corrected chi connectivity index (χ2v) is 7.79. The summed E-state index contributed by atoms with van der Waals surface area (Å²) in [6.07, 6.45) is 2.49. The van der Waals surface area contributed by atoms with Gasteiger partial charge in [0.25, 0.3) is 0 Å². The van der Waals surface area contributed by atoms with E-state index in [-0.39, 0.29) is 5.60 Å². The van der Waals surface area contributed by atoms with Crippen molar-refractivity contribution < 1.29 is 4.84 Å². The zero-order valence-corrected chi connectivity index (χ0v) is 12.9. The third kappa shape index (κ3) is 1.43. The lowest BCUT2D eigenvalue weighted by atomic mass is 9.41. The number of rotatable bonds is 1. The first kappa shape index (κ1) is 12.7. The first-order chi connectivity index (χ1) is 9.43. The fourth-order valence-corrected chi connectivity index (χ4v) is 4.87. The van der Waals surface area contributed by atoms with Crippen LogP contribution in [0.15, 0.2) is 29.4 Å². The van der Waals surface area contributed by atoms with Gasteiger partial charge in [0.05, 0.1) is 5.71 Å². The van der Waals surface area contributed by atoms with Crippen molar-refractivity contribution in [2.24, 2.45) is 28.3 Å². The third-order valence-corrected chi connectivity index (χ3v) is 6.44. The molecule has 5 rings (SSSR count). The minimum atomic E-state index is -0.118. The number of halogens is 1. The van der Waals surface area contributed by atoms with E-state index in [9.17, 15) is 0 Å². The molecule has 3 saturated carbocycles. The summed E-state index contributed by atoms with van der Waals surface area (Å²) in [5, 5.41) is 5.24. The van der Waals surface area contributed by atoms with Gasteiger partial charge < -0.3 is 4.84 Å². The third-order valence-electron chi connectivity index (χ3n) is 6.19. The quantitative estimate of drug-likeness (QED) is 0.745. The molecule has 1 aromatic rings. The van der Waals surface area contributed by atoms with E-state index in [1.165, 1.54) is 12.8 Å². The normalized spacial score (nSPS) is 40.4. The minimum Gasteiger partial charge on any atom is -0.388 e. The van der Waals surface area contributed by atoms with Gasteiger partial charge in [0.2, 0.25) is 0 Å². The number of oxime groups is 1. The fourth-order valence-electron chi connectivity index (χ4n) is 4.75. The van der Waals surface area contributed by atoms with E-state index < -0.39 is 0 Å². The first-order valence-electron chi connectivity index (χ1n) is 7.45. The standard InChI is InChI=1S/C17H20ClNO/c1-16(2)11-8-13-15(10-4-6-12(18)7-5-10)19-20-17(13,3)14(16)9-11/h4-7,11,13-14H,8-9H2,1-3H3. The first-order valence-corrected chi connectivity index (χ1v) is 7.82. The Bertz CT molecular complexity index is 592. The molecule has 106 valence electrons. The van der Waals surface area contributed by atoms with Gasteiger partial charge in [-0.25, -0.2) is 0 Å². The SMILES string of the molecule is CC1(C)C2CC3C(c4ccc(Cl)cc4)=NOC3(C)C1C2. The largest absolute Gasteiger partial charge is 0.388 e. The number of hydrogen-bond donors (Lipinski definition) is 0. The summed E-state index contributed by atoms with van der Waals surface area (Å²) in [7, 11) is 0. The molecule has 0 amide bonds. The van der Waals surface area contributed by atoms with Crippen molar-refractivity contribution in [3.8, 4) is 0 Å². The highest BCUT2D eigenvalue weighted by atomic mass is 35.5. The average molecular weight is 290 g/mol. The summed E-state index contributed by atoms with van der Waals surface area (Å²) in [6, 6.07) is 7.98. The van der Waals surface area contributed by atoms with E-state index in [2.05, 4.69) is 38.1 Å². The second kappa shape index (κ2) is 3.79. The molecule has 2 nitrogen and oxygen atoms in total. The predicted octanol–water partition coefficient (Wildman–Crippen LogP) is 4.52. The highest BCUT2D eigenvalue weighted by molar-refractivity contribution is 6.30. The molecule has 4 atom stereocenters. The average Bonchev–Trinajstić information content (AvgIpc) is 2.76. The maximum Gasteiger partial charge on any atom is 0.146 e. The van der Waals surface area contributed by atoms with E-state index in [4.69, 9.17) is 16.4 Å². The number of nitrogens with zero attached hydrogens (tertiary/aromatic N) is 1. The molecule has 20 heavy (non-hydrogen) atoms. The molecule has 0 spiro atoms. The van der Waals surface area contributed by atoms with Gasteiger partial charge >= 0.3 is 0 Å². The van der Waals surface area contributed by atoms with E-state index >= 15 is 0 Å². The fraction of sp³-hybridized carbons (Fsp3) is 0.588. The molecule has 0 radical (unpaired) electrons. The van der Waals surface area contributed by atoms with Gasteiger partial charge in [-0.15, -0.1) is 0 Å². The van der Waals surface area contributed by atoms with E-state index in [1.54, 1.807) is 0 Å². The van der Waals surface area contributed by atoms with Crippen molar-refractivity contribution in [1.82, 2.24) is 0 Å². The van der Waals surface area contributed by atoms with Gasteiger partial charge in [-0.3, -0.25) is 0 Å². The molecular weight excluding hydrogens is 270 g/mol. The number of benzene rings is 1. The van der Waals surface area contributed by atoms with Crippen molar-refractivity contribution in [2.45, 2.75) is 39.2 Å². The summed E-state index contributed by atoms with van der Waals surface area (Å²) in [4.78, 5) is 5.98. The number of hydrogen-bond acceptors (Lipinski definition) is 2. The Labute approximate surface area is 125 Å². The molecule has 1 heterocycles. The van der Waals surface area contributed by atoms with Crippen LogP contribution in [0.4, 0.5) is 0 Å². The Kier molecular flexibility index (Phi) is 2.41. The molecule has 0 N–H and O–H groups in total. The lowest BCUT2D eigenvalue weighted by molar-refractivity contribution is -0.220. The minimum absolute atomic E-state index is 0.118. The smallest absolute Gasteiger partial charge is 0.146 e. The summed E-state index contributed by atoms with van der Waals surface area (Å²) in [6.45, 7) is 7.03. The van der Waals surface area contributed by atoms with Gasteiger partial charge in [-0.05, 0) is 48.8 Å². The molecule has 0 saturated heterocycles. The van der Waals surface area contributed by atoms with Crippen LogP contribution < -0.4 is 0 Å². The molecule has 0 aromatic heterocycles. The van der Waals surface area contributed by atoms with Gasteiger partial charge in [0.15, 0.2) is 0 Å². The van der Waals surface area contributed by atoms with Crippen LogP contribution in [0, 0.1) is 23.2 Å². The van der Waals surface area contributed by atoms with Crippen molar-refractivity contribution in [3.05, 3.63) is 34.9 Å². The van der Waals surface area contributed by atoms with Crippen LogP contribution in [-0.2, 0) is 4.84 Å². The maximum atomic E-state index is 5.98. The zero-order chi connectivity index (χ0) is 14.1. The summed E-state index contributed by atoms with van der Waals surface area (Å²) < 4.78 is 0. The zero-order valence-electron chi connectivity index (χ0n) is 12.2. The van der Waals surface area contributed by atoms with Crippen LogP contribution in [0.1, 0.15) is 39.2 Å². The molecule has 1 aromatic carbocycles. The van der Waals surface area contributed by atoms with E-state index in [0.717, 1.165) is 22.2 Å². The molecule has 3 fully saturated rings. The Morgan fingerprint density at radius 3 is 2.50 bits per heavy atom. The second-order valence-electron chi connectivity index (χ2n) is 7.35. The highest BCUT2D eigenvalue weighted by Crippen LogP contribution is 2.67. The maximum absolute atomic E-state index is 5.98. The highest BCUT2D eigenvalue weighted by Gasteiger charge is 2.67. The Morgan fingerprint density at radius 1 is 1.15 bits per heavy atom. The van der Waals surface area contributed by atoms with E-state index in [0.29, 0.717) is 17.3 Å². The van der Waals surface area contributed by atoms with E-state index in [1.807, 2.05) is 12.1 Å². The van der Waals surface area contributed by atoms with Crippen LogP contribution in [0.2, 0.25) is 5.02 Å². The molecule has 3 aliphatic carbocycles. The van der Waals surface area contributed by atoms with Gasteiger partial charge in [-0.1, -0.05) is 42.7 Å². The van der Waals surface area contributed by atoms with Crippen LogP contribution in [0.5, 0.6) is 0 Å². The Balaban J connectivity index is 1.69. The van der Waals surface area contributed by atoms with Gasteiger partial charge in [-0.2, -0.15) is 0 Å². The van der Waals surface area contributed by atoms with Gasteiger partial charge in [0.1, 0.15) is 5.60 Å². The molecule has 1 aliphatic heterocycles. The van der Waals surface area contributed by atoms with Crippen molar-refractivity contribution in [3.63, 3.8) is 0 Å². The summed E-state index contributed by atoms with van der Waals surface area (Å²) in [5.74, 6) is 1.86. The summed E-state index contributed by atoms with van der Waals surface area (Å²) >= 11 is 5.98. The van der Waals surface area contributed by atoms with Crippen LogP contribution in [0.25, 0.3) is 0 Å². The molecule has 4 unspecified atom stereocenters. The summed E-state index contributed by atoms with van der Waals surface area (Å²) in [5.41, 5.74) is 2.56. The lowest BCUT2D eigenvalue weighted by Crippen LogP contribution is -2.64. The van der Waals surface area contributed by atoms with Crippen molar-refractivity contribution in [2.75, 3.05) is 0 Å². The molecule has 2 bridgehead atoms. The lowest BCUT2D eigenvalue weighted by Gasteiger charge is -2.63. The Morgan fingerprint density at radius 2 is 1.85 bits per heavy atom. The van der Waals surface area contributed by atoms with Crippen LogP contribution >= 0.6 is 11.6 Å². The predicted molar refractivity (Wildman–Crippen MR) is 81.0 cm³/mol. The van der Waals surface area contributed by atoms with Gasteiger partial charge in [0, 0.05) is 16.9 Å². The van der Waals surface area contributed by atoms with Crippen LogP contribution in [0.3, 0.4) is 0 Å². The van der Waals surface area contributed by atoms with Crippen molar-refractivity contribution in [1.29, 1.82) is 0 Å². The molecular formula is C17H20ClNO. The topological polar surface area (TPSA) is 21.6 Å². The molecule has 3 heteroatoms.